The van der Waals surface area contributed by atoms with Crippen molar-refractivity contribution in [3.05, 3.63) is 30.6 Å². The Kier molecular flexibility index (Phi) is 4.40. The first-order valence-electron chi connectivity index (χ1n) is 5.09. The van der Waals surface area contributed by atoms with E-state index in [1.54, 1.807) is 0 Å². The first-order valence-corrected chi connectivity index (χ1v) is 5.09. The van der Waals surface area contributed by atoms with Crippen LogP contribution in [0.15, 0.2) is 24.9 Å². The van der Waals surface area contributed by atoms with Crippen LogP contribution in [0.1, 0.15) is 26.0 Å². The van der Waals surface area contributed by atoms with Gasteiger partial charge in [0.05, 0.1) is 5.69 Å². The second kappa shape index (κ2) is 5.60. The van der Waals surface area contributed by atoms with Crippen molar-refractivity contribution < 1.29 is 0 Å². The highest BCUT2D eigenvalue weighted by molar-refractivity contribution is 4.98. The van der Waals surface area contributed by atoms with Gasteiger partial charge in [0, 0.05) is 25.3 Å². The maximum Gasteiger partial charge on any atom is 0.0762 e. The Bertz CT molecular complexity index is 276. The van der Waals surface area contributed by atoms with Crippen molar-refractivity contribution in [3.8, 4) is 0 Å². The monoisotopic (exact) mass is 193 g/mol. The first kappa shape index (κ1) is 11.0. The lowest BCUT2D eigenvalue weighted by Crippen LogP contribution is -2.22. The average Bonchev–Trinajstić information content (AvgIpc) is 2.59. The van der Waals surface area contributed by atoms with Gasteiger partial charge in [-0.25, -0.2) is 0 Å². The fourth-order valence-electron chi connectivity index (χ4n) is 1.15. The van der Waals surface area contributed by atoms with Crippen molar-refractivity contribution >= 4 is 0 Å². The summed E-state index contributed by atoms with van der Waals surface area (Å²) in [6, 6.07) is 2.56. The minimum absolute atomic E-state index is 0.508. The predicted molar refractivity (Wildman–Crippen MR) is 59.0 cm³/mol. The molecule has 3 heteroatoms. The van der Waals surface area contributed by atoms with Gasteiger partial charge in [0.2, 0.25) is 0 Å². The Morgan fingerprint density at radius 1 is 1.64 bits per heavy atom. The topological polar surface area (TPSA) is 29.9 Å². The number of aryl methyl sites for hydroxylation is 1. The van der Waals surface area contributed by atoms with Crippen molar-refractivity contribution in [2.45, 2.75) is 39.4 Å². The van der Waals surface area contributed by atoms with Crippen molar-refractivity contribution in [1.82, 2.24) is 15.1 Å². The molecule has 1 aromatic heterocycles. The number of hydrogen-bond acceptors (Lipinski definition) is 2. The van der Waals surface area contributed by atoms with Gasteiger partial charge in [-0.1, -0.05) is 19.9 Å². The molecule has 3 nitrogen and oxygen atoms in total. The summed E-state index contributed by atoms with van der Waals surface area (Å²) in [6.45, 7) is 9.72. The van der Waals surface area contributed by atoms with Crippen molar-refractivity contribution in [3.63, 3.8) is 0 Å². The van der Waals surface area contributed by atoms with E-state index in [0.29, 0.717) is 6.04 Å². The van der Waals surface area contributed by atoms with E-state index in [4.69, 9.17) is 0 Å². The summed E-state index contributed by atoms with van der Waals surface area (Å²) in [5.74, 6) is 0. The summed E-state index contributed by atoms with van der Waals surface area (Å²) < 4.78 is 1.96. The zero-order chi connectivity index (χ0) is 10.4. The van der Waals surface area contributed by atoms with Gasteiger partial charge in [0.1, 0.15) is 0 Å². The van der Waals surface area contributed by atoms with Crippen LogP contribution in [0.5, 0.6) is 0 Å². The lowest BCUT2D eigenvalue weighted by atomic mass is 10.3. The number of allylic oxidation sites excluding steroid dienone is 1. The predicted octanol–water partition coefficient (Wildman–Crippen LogP) is 1.96. The van der Waals surface area contributed by atoms with Crippen LogP contribution in [-0.4, -0.2) is 15.8 Å². The molecule has 0 atom stereocenters. The molecule has 0 aliphatic rings. The summed E-state index contributed by atoms with van der Waals surface area (Å²) in [7, 11) is 0. The van der Waals surface area contributed by atoms with E-state index in [0.717, 1.165) is 25.2 Å². The Morgan fingerprint density at radius 3 is 3.07 bits per heavy atom. The normalized spacial score (nSPS) is 10.8. The fraction of sp³-hybridized carbons (Fsp3) is 0.545. The quantitative estimate of drug-likeness (QED) is 0.700. The van der Waals surface area contributed by atoms with E-state index < -0.39 is 0 Å². The third-order valence-electron chi connectivity index (χ3n) is 1.95. The van der Waals surface area contributed by atoms with E-state index in [-0.39, 0.29) is 0 Å². The third kappa shape index (κ3) is 3.75. The van der Waals surface area contributed by atoms with Crippen LogP contribution in [-0.2, 0) is 13.1 Å². The summed E-state index contributed by atoms with van der Waals surface area (Å²) in [6.07, 6.45) is 4.90. The highest BCUT2D eigenvalue weighted by Gasteiger charge is 1.98. The SMILES string of the molecule is C=CCCn1ccc(CNC(C)C)n1. The lowest BCUT2D eigenvalue weighted by molar-refractivity contribution is 0.561. The van der Waals surface area contributed by atoms with Crippen molar-refractivity contribution in [2.75, 3.05) is 0 Å². The van der Waals surface area contributed by atoms with Gasteiger partial charge < -0.3 is 5.32 Å². The number of hydrogen-bond donors (Lipinski definition) is 1. The molecular formula is C11H19N3. The minimum atomic E-state index is 0.508. The fourth-order valence-corrected chi connectivity index (χ4v) is 1.15. The lowest BCUT2D eigenvalue weighted by Gasteiger charge is -2.04. The van der Waals surface area contributed by atoms with Crippen molar-refractivity contribution in [1.29, 1.82) is 0 Å². The summed E-state index contributed by atoms with van der Waals surface area (Å²) in [5, 5.41) is 7.76. The molecule has 0 unspecified atom stereocenters. The molecule has 0 amide bonds. The smallest absolute Gasteiger partial charge is 0.0762 e. The van der Waals surface area contributed by atoms with Crippen LogP contribution >= 0.6 is 0 Å². The average molecular weight is 193 g/mol. The molecule has 1 rings (SSSR count). The van der Waals surface area contributed by atoms with Crippen LogP contribution in [0.4, 0.5) is 0 Å². The molecule has 0 fully saturated rings. The Balaban J connectivity index is 2.38. The largest absolute Gasteiger partial charge is 0.309 e. The van der Waals surface area contributed by atoms with E-state index in [9.17, 15) is 0 Å². The van der Waals surface area contributed by atoms with Gasteiger partial charge in [0.15, 0.2) is 0 Å². The molecule has 0 aliphatic carbocycles. The van der Waals surface area contributed by atoms with E-state index in [2.05, 4.69) is 36.9 Å². The van der Waals surface area contributed by atoms with Crippen LogP contribution in [0.2, 0.25) is 0 Å². The minimum Gasteiger partial charge on any atom is -0.309 e. The second-order valence-corrected chi connectivity index (χ2v) is 3.68. The Hall–Kier alpha value is -1.09. The van der Waals surface area contributed by atoms with E-state index >= 15 is 0 Å². The van der Waals surface area contributed by atoms with Crippen LogP contribution in [0, 0.1) is 0 Å². The molecular weight excluding hydrogens is 174 g/mol. The van der Waals surface area contributed by atoms with Gasteiger partial charge >= 0.3 is 0 Å². The molecule has 0 aliphatic heterocycles. The van der Waals surface area contributed by atoms with Gasteiger partial charge in [0.25, 0.3) is 0 Å². The van der Waals surface area contributed by atoms with Gasteiger partial charge in [-0.05, 0) is 12.5 Å². The maximum absolute atomic E-state index is 4.43. The van der Waals surface area contributed by atoms with E-state index in [1.165, 1.54) is 0 Å². The number of rotatable bonds is 6. The number of nitrogens with one attached hydrogen (secondary N) is 1. The molecule has 14 heavy (non-hydrogen) atoms. The highest BCUT2D eigenvalue weighted by Crippen LogP contribution is 1.97. The van der Waals surface area contributed by atoms with Crippen LogP contribution in [0.3, 0.4) is 0 Å². The van der Waals surface area contributed by atoms with Gasteiger partial charge in [-0.2, -0.15) is 5.10 Å². The molecule has 1 N–H and O–H groups in total. The Labute approximate surface area is 85.8 Å². The molecule has 1 aromatic rings. The number of nitrogens with zero attached hydrogens (tertiary/aromatic N) is 2. The zero-order valence-electron chi connectivity index (χ0n) is 9.03. The molecule has 0 saturated heterocycles. The molecule has 0 spiro atoms. The second-order valence-electron chi connectivity index (χ2n) is 3.68. The molecule has 0 radical (unpaired) electrons. The maximum atomic E-state index is 4.43. The van der Waals surface area contributed by atoms with Crippen molar-refractivity contribution in [2.24, 2.45) is 0 Å². The van der Waals surface area contributed by atoms with Gasteiger partial charge in [-0.15, -0.1) is 6.58 Å². The Morgan fingerprint density at radius 2 is 2.43 bits per heavy atom. The highest BCUT2D eigenvalue weighted by atomic mass is 15.3. The molecule has 0 saturated carbocycles. The number of aromatic nitrogens is 2. The molecule has 1 heterocycles. The van der Waals surface area contributed by atoms with E-state index in [1.807, 2.05) is 17.0 Å². The summed E-state index contributed by atoms with van der Waals surface area (Å²) >= 11 is 0. The zero-order valence-corrected chi connectivity index (χ0v) is 9.03. The first-order chi connectivity index (χ1) is 6.72. The molecule has 78 valence electrons. The molecule has 0 bridgehead atoms. The molecule has 0 aromatic carbocycles. The van der Waals surface area contributed by atoms with Crippen LogP contribution < -0.4 is 5.32 Å². The third-order valence-corrected chi connectivity index (χ3v) is 1.95. The summed E-state index contributed by atoms with van der Waals surface area (Å²) in [5.41, 5.74) is 1.10. The summed E-state index contributed by atoms with van der Waals surface area (Å²) in [4.78, 5) is 0. The van der Waals surface area contributed by atoms with Gasteiger partial charge in [-0.3, -0.25) is 4.68 Å². The standard InChI is InChI=1S/C11H19N3/c1-4-5-7-14-8-6-11(13-14)9-12-10(2)3/h4,6,8,10,12H,1,5,7,9H2,2-3H3. The van der Waals surface area contributed by atoms with Crippen LogP contribution in [0.25, 0.3) is 0 Å².